The lowest BCUT2D eigenvalue weighted by Gasteiger charge is -2.06. The number of benzene rings is 1. The van der Waals surface area contributed by atoms with Crippen molar-refractivity contribution in [2.75, 3.05) is 0 Å². The molecule has 1 atom stereocenters. The number of nitrogens with one attached hydrogen (secondary N) is 1. The van der Waals surface area contributed by atoms with Crippen LogP contribution in [0.4, 0.5) is 0 Å². The van der Waals surface area contributed by atoms with Gasteiger partial charge in [0, 0.05) is 10.9 Å². The smallest absolute Gasteiger partial charge is 0.260 e. The van der Waals surface area contributed by atoms with Crippen LogP contribution in [0.2, 0.25) is 10.0 Å². The minimum Gasteiger partial charge on any atom is -0.369 e. The van der Waals surface area contributed by atoms with Crippen molar-refractivity contribution in [3.05, 3.63) is 44.0 Å². The molecule has 0 spiro atoms. The van der Waals surface area contributed by atoms with Crippen LogP contribution >= 0.6 is 46.3 Å². The highest BCUT2D eigenvalue weighted by atomic mass is 35.5. The minimum atomic E-state index is -0.486. The average molecular weight is 400 g/mol. The van der Waals surface area contributed by atoms with Gasteiger partial charge in [-0.3, -0.25) is 9.59 Å². The number of nitrogens with zero attached hydrogens (tertiary/aromatic N) is 1. The Labute approximate surface area is 155 Å². The zero-order chi connectivity index (χ0) is 17.4. The lowest BCUT2D eigenvalue weighted by Crippen LogP contribution is -2.23. The van der Waals surface area contributed by atoms with Gasteiger partial charge in [-0.05, 0) is 24.6 Å². The maximum Gasteiger partial charge on any atom is 0.260 e. The molecule has 0 aliphatic carbocycles. The van der Waals surface area contributed by atoms with Crippen molar-refractivity contribution in [2.24, 2.45) is 5.73 Å². The number of aromatic amines is 1. The summed E-state index contributed by atoms with van der Waals surface area (Å²) in [5.41, 5.74) is 6.49. The molecule has 2 heterocycles. The molecule has 2 aromatic heterocycles. The van der Waals surface area contributed by atoms with Crippen molar-refractivity contribution >= 4 is 62.4 Å². The molecule has 0 bridgehead atoms. The first-order valence-electron chi connectivity index (χ1n) is 6.79. The van der Waals surface area contributed by atoms with Gasteiger partial charge < -0.3 is 10.7 Å². The second kappa shape index (κ2) is 6.76. The number of aromatic nitrogens is 2. The van der Waals surface area contributed by atoms with Gasteiger partial charge in [-0.1, -0.05) is 41.0 Å². The van der Waals surface area contributed by atoms with E-state index >= 15 is 0 Å². The summed E-state index contributed by atoms with van der Waals surface area (Å²) >= 11 is 14.5. The Kier molecular flexibility index (Phi) is 4.87. The average Bonchev–Trinajstić information content (AvgIpc) is 2.94. The van der Waals surface area contributed by atoms with Crippen LogP contribution in [0.1, 0.15) is 6.92 Å². The molecule has 1 unspecified atom stereocenters. The molecule has 124 valence electrons. The maximum absolute atomic E-state index is 12.5. The van der Waals surface area contributed by atoms with Crippen LogP contribution in [0, 0.1) is 0 Å². The highest BCUT2D eigenvalue weighted by Gasteiger charge is 2.17. The van der Waals surface area contributed by atoms with Crippen molar-refractivity contribution < 1.29 is 4.79 Å². The Morgan fingerprint density at radius 1 is 1.38 bits per heavy atom. The lowest BCUT2D eigenvalue weighted by atomic mass is 10.1. The van der Waals surface area contributed by atoms with Crippen molar-refractivity contribution in [1.29, 1.82) is 0 Å². The molecular weight excluding hydrogens is 389 g/mol. The number of hydrogen-bond donors (Lipinski definition) is 2. The Hall–Kier alpha value is -1.54. The van der Waals surface area contributed by atoms with Crippen LogP contribution in [0.25, 0.3) is 21.3 Å². The fourth-order valence-electron chi connectivity index (χ4n) is 2.09. The Bertz CT molecular complexity index is 1000. The van der Waals surface area contributed by atoms with Gasteiger partial charge in [0.15, 0.2) is 5.16 Å². The van der Waals surface area contributed by atoms with Crippen molar-refractivity contribution in [3.63, 3.8) is 0 Å². The van der Waals surface area contributed by atoms with Crippen LogP contribution in [0.5, 0.6) is 0 Å². The predicted octanol–water partition coefficient (Wildman–Crippen LogP) is 3.92. The number of carbonyl (C=O) groups excluding carboxylic acids is 1. The van der Waals surface area contributed by atoms with Crippen LogP contribution in [0.15, 0.2) is 33.5 Å². The topological polar surface area (TPSA) is 88.8 Å². The molecule has 0 saturated heterocycles. The number of fused-ring (bicyclic) bond motifs is 1. The highest BCUT2D eigenvalue weighted by Crippen LogP contribution is 2.34. The fraction of sp³-hybridized carbons (Fsp3) is 0.133. The van der Waals surface area contributed by atoms with E-state index in [0.29, 0.717) is 25.4 Å². The number of halogens is 2. The van der Waals surface area contributed by atoms with Crippen LogP contribution in [-0.4, -0.2) is 21.1 Å². The Morgan fingerprint density at radius 3 is 2.79 bits per heavy atom. The van der Waals surface area contributed by atoms with E-state index in [-0.39, 0.29) is 5.56 Å². The van der Waals surface area contributed by atoms with E-state index in [2.05, 4.69) is 9.97 Å². The SMILES string of the molecule is CC(Sc1nc2scc(-c3ccc(Cl)c(Cl)c3)c2c(=O)[nH]1)C(N)=O. The van der Waals surface area contributed by atoms with Crippen molar-refractivity contribution in [3.8, 4) is 11.1 Å². The van der Waals surface area contributed by atoms with Gasteiger partial charge in [-0.15, -0.1) is 11.3 Å². The van der Waals surface area contributed by atoms with E-state index in [1.165, 1.54) is 11.3 Å². The van der Waals surface area contributed by atoms with Crippen molar-refractivity contribution in [1.82, 2.24) is 9.97 Å². The van der Waals surface area contributed by atoms with Crippen LogP contribution in [0.3, 0.4) is 0 Å². The van der Waals surface area contributed by atoms with Crippen LogP contribution < -0.4 is 11.3 Å². The fourth-order valence-corrected chi connectivity index (χ4v) is 4.14. The zero-order valence-electron chi connectivity index (χ0n) is 12.3. The number of hydrogen-bond acceptors (Lipinski definition) is 5. The molecule has 3 N–H and O–H groups in total. The largest absolute Gasteiger partial charge is 0.369 e. The summed E-state index contributed by atoms with van der Waals surface area (Å²) in [4.78, 5) is 31.3. The van der Waals surface area contributed by atoms with E-state index < -0.39 is 11.2 Å². The number of amides is 1. The first kappa shape index (κ1) is 17.3. The summed E-state index contributed by atoms with van der Waals surface area (Å²) in [5.74, 6) is -0.467. The maximum atomic E-state index is 12.5. The van der Waals surface area contributed by atoms with E-state index in [0.717, 1.165) is 22.9 Å². The molecule has 9 heteroatoms. The second-order valence-electron chi connectivity index (χ2n) is 4.99. The van der Waals surface area contributed by atoms with E-state index in [9.17, 15) is 9.59 Å². The van der Waals surface area contributed by atoms with Gasteiger partial charge in [-0.2, -0.15) is 0 Å². The molecule has 24 heavy (non-hydrogen) atoms. The molecule has 1 aromatic carbocycles. The van der Waals surface area contributed by atoms with Gasteiger partial charge in [0.25, 0.3) is 5.56 Å². The highest BCUT2D eigenvalue weighted by molar-refractivity contribution is 8.00. The summed E-state index contributed by atoms with van der Waals surface area (Å²) in [7, 11) is 0. The summed E-state index contributed by atoms with van der Waals surface area (Å²) in [6.07, 6.45) is 0. The van der Waals surface area contributed by atoms with Gasteiger partial charge in [-0.25, -0.2) is 4.98 Å². The standard InChI is InChI=1S/C15H11Cl2N3O2S2/c1-6(12(18)21)24-15-19-13(22)11-8(5-23-14(11)20-15)7-2-3-9(16)10(17)4-7/h2-6H,1H3,(H2,18,21)(H,19,20,22). The first-order chi connectivity index (χ1) is 11.4. The molecule has 3 aromatic rings. The molecule has 5 nitrogen and oxygen atoms in total. The molecule has 0 aliphatic rings. The summed E-state index contributed by atoms with van der Waals surface area (Å²) in [6, 6.07) is 5.19. The Morgan fingerprint density at radius 2 is 2.12 bits per heavy atom. The molecule has 0 saturated carbocycles. The quantitative estimate of drug-likeness (QED) is 0.513. The second-order valence-corrected chi connectivity index (χ2v) is 7.99. The van der Waals surface area contributed by atoms with Crippen LogP contribution in [-0.2, 0) is 4.79 Å². The van der Waals surface area contributed by atoms with Crippen molar-refractivity contribution in [2.45, 2.75) is 17.3 Å². The number of nitrogens with two attached hydrogens (primary N) is 1. The minimum absolute atomic E-state index is 0.276. The third kappa shape index (κ3) is 3.30. The molecule has 3 rings (SSSR count). The van der Waals surface area contributed by atoms with Gasteiger partial charge in [0.2, 0.25) is 5.91 Å². The Balaban J connectivity index is 2.08. The summed E-state index contributed by atoms with van der Waals surface area (Å²) in [5, 5.41) is 3.07. The number of thioether (sulfide) groups is 1. The summed E-state index contributed by atoms with van der Waals surface area (Å²) in [6.45, 7) is 1.66. The first-order valence-corrected chi connectivity index (χ1v) is 9.31. The van der Waals surface area contributed by atoms with Gasteiger partial charge in [0.05, 0.1) is 20.7 Å². The number of carbonyl (C=O) groups is 1. The third-order valence-corrected chi connectivity index (χ3v) is 5.96. The number of thiophene rings is 1. The molecular formula is C15H11Cl2N3O2S2. The van der Waals surface area contributed by atoms with E-state index in [1.54, 1.807) is 25.1 Å². The van der Waals surface area contributed by atoms with E-state index in [1.807, 2.05) is 5.38 Å². The predicted molar refractivity (Wildman–Crippen MR) is 100 cm³/mol. The number of rotatable bonds is 4. The molecule has 0 radical (unpaired) electrons. The summed E-state index contributed by atoms with van der Waals surface area (Å²) < 4.78 is 0. The van der Waals surface area contributed by atoms with Gasteiger partial charge in [0.1, 0.15) is 4.83 Å². The monoisotopic (exact) mass is 399 g/mol. The normalized spacial score (nSPS) is 12.5. The number of H-pyrrole nitrogens is 1. The molecule has 0 fully saturated rings. The molecule has 1 amide bonds. The third-order valence-electron chi connectivity index (χ3n) is 3.34. The van der Waals surface area contributed by atoms with E-state index in [4.69, 9.17) is 28.9 Å². The number of primary amides is 1. The zero-order valence-corrected chi connectivity index (χ0v) is 15.4. The lowest BCUT2D eigenvalue weighted by molar-refractivity contribution is -0.117. The molecule has 0 aliphatic heterocycles. The van der Waals surface area contributed by atoms with Gasteiger partial charge >= 0.3 is 0 Å².